The second-order valence-electron chi connectivity index (χ2n) is 7.52. The number of benzene rings is 1. The smallest absolute Gasteiger partial charge is 0.276 e. The third-order valence-electron chi connectivity index (χ3n) is 5.41. The maximum absolute atomic E-state index is 13.0. The van der Waals surface area contributed by atoms with Gasteiger partial charge in [-0.15, -0.1) is 0 Å². The number of amides is 2. The molecule has 9 nitrogen and oxygen atoms in total. The van der Waals surface area contributed by atoms with Crippen LogP contribution in [-0.2, 0) is 9.53 Å². The van der Waals surface area contributed by atoms with Crippen molar-refractivity contribution in [3.8, 4) is 17.1 Å². The lowest BCUT2D eigenvalue weighted by Crippen LogP contribution is -2.48. The fourth-order valence-electron chi connectivity index (χ4n) is 3.39. The van der Waals surface area contributed by atoms with Gasteiger partial charge in [-0.3, -0.25) is 9.59 Å². The number of piperazine rings is 1. The van der Waals surface area contributed by atoms with Crippen LogP contribution in [0.4, 0.5) is 0 Å². The minimum absolute atomic E-state index is 0.0578. The van der Waals surface area contributed by atoms with Crippen molar-refractivity contribution < 1.29 is 23.6 Å². The first-order chi connectivity index (χ1) is 15.0. The van der Waals surface area contributed by atoms with Gasteiger partial charge in [0.25, 0.3) is 5.91 Å². The van der Waals surface area contributed by atoms with E-state index in [0.29, 0.717) is 25.5 Å². The zero-order valence-electron chi connectivity index (χ0n) is 18.4. The predicted molar refractivity (Wildman–Crippen MR) is 115 cm³/mol. The van der Waals surface area contributed by atoms with E-state index < -0.39 is 0 Å². The van der Waals surface area contributed by atoms with Crippen LogP contribution in [0.2, 0.25) is 0 Å². The summed E-state index contributed by atoms with van der Waals surface area (Å²) < 4.78 is 15.7. The van der Waals surface area contributed by atoms with E-state index in [2.05, 4.69) is 10.1 Å². The van der Waals surface area contributed by atoms with Crippen LogP contribution in [0.3, 0.4) is 0 Å². The van der Waals surface area contributed by atoms with Crippen LogP contribution in [0.25, 0.3) is 11.3 Å². The number of rotatable bonds is 9. The zero-order valence-corrected chi connectivity index (χ0v) is 18.4. The maximum atomic E-state index is 13.0. The Labute approximate surface area is 182 Å². The highest BCUT2D eigenvalue weighted by atomic mass is 16.5. The lowest BCUT2D eigenvalue weighted by molar-refractivity contribution is -0.133. The number of carbonyl (C=O) groups is 2. The molecule has 0 N–H and O–H groups in total. The number of hydrogen-bond acceptors (Lipinski definition) is 7. The van der Waals surface area contributed by atoms with Gasteiger partial charge in [-0.25, -0.2) is 0 Å². The van der Waals surface area contributed by atoms with Crippen LogP contribution < -0.4 is 4.74 Å². The van der Waals surface area contributed by atoms with Crippen molar-refractivity contribution in [3.63, 3.8) is 0 Å². The normalized spacial score (nSPS) is 14.5. The second-order valence-corrected chi connectivity index (χ2v) is 7.52. The van der Waals surface area contributed by atoms with Crippen molar-refractivity contribution in [2.24, 2.45) is 0 Å². The molecule has 1 aromatic heterocycles. The summed E-state index contributed by atoms with van der Waals surface area (Å²) in [5.41, 5.74) is 0.995. The minimum atomic E-state index is -0.285. The topological polar surface area (TPSA) is 88.4 Å². The molecule has 0 aliphatic carbocycles. The number of methoxy groups -OCH3 is 2. The van der Waals surface area contributed by atoms with Crippen LogP contribution >= 0.6 is 0 Å². The molecule has 0 bridgehead atoms. The fourth-order valence-corrected chi connectivity index (χ4v) is 3.39. The summed E-state index contributed by atoms with van der Waals surface area (Å²) >= 11 is 0. The Kier molecular flexibility index (Phi) is 8.02. The standard InChI is InChI=1S/C22H30N4O5/c1-24-10-12-25(13-11-24)21(27)8-9-26(14-15-29-2)22(28)19-16-20(31-23-19)17-4-6-18(30-3)7-5-17/h4-7,16H,8-15H2,1-3H3. The van der Waals surface area contributed by atoms with Gasteiger partial charge < -0.3 is 28.7 Å². The quantitative estimate of drug-likeness (QED) is 0.597. The highest BCUT2D eigenvalue weighted by Crippen LogP contribution is 2.23. The van der Waals surface area contributed by atoms with Crippen LogP contribution in [0, 0.1) is 0 Å². The molecular formula is C22H30N4O5. The van der Waals surface area contributed by atoms with Crippen LogP contribution in [0.15, 0.2) is 34.9 Å². The van der Waals surface area contributed by atoms with Gasteiger partial charge in [0.15, 0.2) is 11.5 Å². The summed E-state index contributed by atoms with van der Waals surface area (Å²) in [6, 6.07) is 8.92. The van der Waals surface area contributed by atoms with Crippen molar-refractivity contribution in [1.82, 2.24) is 19.9 Å². The largest absolute Gasteiger partial charge is 0.497 e. The molecule has 9 heteroatoms. The van der Waals surface area contributed by atoms with Crippen molar-refractivity contribution in [3.05, 3.63) is 36.0 Å². The molecule has 1 saturated heterocycles. The maximum Gasteiger partial charge on any atom is 0.276 e. The van der Waals surface area contributed by atoms with Gasteiger partial charge in [-0.1, -0.05) is 5.16 Å². The number of hydrogen-bond donors (Lipinski definition) is 0. The summed E-state index contributed by atoms with van der Waals surface area (Å²) in [6.45, 7) is 4.22. The van der Waals surface area contributed by atoms with E-state index in [-0.39, 0.29) is 23.9 Å². The van der Waals surface area contributed by atoms with Gasteiger partial charge in [0.2, 0.25) is 5.91 Å². The third kappa shape index (κ3) is 6.05. The zero-order chi connectivity index (χ0) is 22.2. The molecule has 0 atom stereocenters. The Morgan fingerprint density at radius 2 is 1.81 bits per heavy atom. The van der Waals surface area contributed by atoms with Gasteiger partial charge in [0.1, 0.15) is 5.75 Å². The molecule has 168 valence electrons. The van der Waals surface area contributed by atoms with Gasteiger partial charge in [-0.05, 0) is 31.3 Å². The van der Waals surface area contributed by atoms with Gasteiger partial charge in [0.05, 0.1) is 13.7 Å². The molecule has 2 heterocycles. The van der Waals surface area contributed by atoms with E-state index >= 15 is 0 Å². The molecule has 0 unspecified atom stereocenters. The van der Waals surface area contributed by atoms with E-state index in [4.69, 9.17) is 14.0 Å². The number of aromatic nitrogens is 1. The third-order valence-corrected chi connectivity index (χ3v) is 5.41. The Morgan fingerprint density at radius 1 is 1.10 bits per heavy atom. The number of likely N-dealkylation sites (N-methyl/N-ethyl adjacent to an activating group) is 1. The summed E-state index contributed by atoms with van der Waals surface area (Å²) in [7, 11) is 5.23. The molecule has 1 fully saturated rings. The van der Waals surface area contributed by atoms with Gasteiger partial charge in [0, 0.05) is 64.4 Å². The summed E-state index contributed by atoms with van der Waals surface area (Å²) in [4.78, 5) is 31.2. The van der Waals surface area contributed by atoms with Crippen LogP contribution in [0.5, 0.6) is 5.75 Å². The highest BCUT2D eigenvalue weighted by Gasteiger charge is 2.24. The molecule has 0 saturated carbocycles. The Bertz CT molecular complexity index is 859. The molecule has 0 spiro atoms. The average Bonchev–Trinajstić information content (AvgIpc) is 3.29. The summed E-state index contributed by atoms with van der Waals surface area (Å²) in [5.74, 6) is 0.996. The first-order valence-electron chi connectivity index (χ1n) is 10.4. The first kappa shape index (κ1) is 22.8. The van der Waals surface area contributed by atoms with Gasteiger partial charge >= 0.3 is 0 Å². The number of ether oxygens (including phenoxy) is 2. The second kappa shape index (κ2) is 10.9. The lowest BCUT2D eigenvalue weighted by Gasteiger charge is -2.33. The molecule has 0 radical (unpaired) electrons. The lowest BCUT2D eigenvalue weighted by atomic mass is 10.1. The molecular weight excluding hydrogens is 400 g/mol. The minimum Gasteiger partial charge on any atom is -0.497 e. The fraction of sp³-hybridized carbons (Fsp3) is 0.500. The van der Waals surface area contributed by atoms with Crippen molar-refractivity contribution in [1.29, 1.82) is 0 Å². The highest BCUT2D eigenvalue weighted by molar-refractivity contribution is 5.93. The molecule has 3 rings (SSSR count). The van der Waals surface area contributed by atoms with Crippen LogP contribution in [-0.4, -0.2) is 98.8 Å². The molecule has 1 aliphatic rings. The number of nitrogens with zero attached hydrogens (tertiary/aromatic N) is 4. The molecule has 31 heavy (non-hydrogen) atoms. The Hall–Kier alpha value is -2.91. The Morgan fingerprint density at radius 3 is 2.45 bits per heavy atom. The van der Waals surface area contributed by atoms with Crippen molar-refractivity contribution >= 4 is 11.8 Å². The van der Waals surface area contributed by atoms with E-state index in [9.17, 15) is 9.59 Å². The van der Waals surface area contributed by atoms with E-state index in [1.165, 1.54) is 0 Å². The first-order valence-corrected chi connectivity index (χ1v) is 10.4. The molecule has 2 amide bonds. The SMILES string of the molecule is COCCN(CCC(=O)N1CCN(C)CC1)C(=O)c1cc(-c2ccc(OC)cc2)on1. The molecule has 2 aromatic rings. The molecule has 1 aromatic carbocycles. The van der Waals surface area contributed by atoms with E-state index in [1.807, 2.05) is 36.2 Å². The summed E-state index contributed by atoms with van der Waals surface area (Å²) in [5, 5.41) is 3.95. The predicted octanol–water partition coefficient (Wildman–Crippen LogP) is 1.60. The van der Waals surface area contributed by atoms with Crippen LogP contribution in [0.1, 0.15) is 16.9 Å². The van der Waals surface area contributed by atoms with E-state index in [0.717, 1.165) is 37.5 Å². The Balaban J connectivity index is 1.63. The monoisotopic (exact) mass is 430 g/mol. The van der Waals surface area contributed by atoms with Crippen molar-refractivity contribution in [2.45, 2.75) is 6.42 Å². The van der Waals surface area contributed by atoms with E-state index in [1.54, 1.807) is 25.2 Å². The van der Waals surface area contributed by atoms with Gasteiger partial charge in [-0.2, -0.15) is 0 Å². The average molecular weight is 431 g/mol. The van der Waals surface area contributed by atoms with Crippen molar-refractivity contribution in [2.75, 3.05) is 67.1 Å². The molecule has 1 aliphatic heterocycles. The summed E-state index contributed by atoms with van der Waals surface area (Å²) in [6.07, 6.45) is 0.266. The number of carbonyl (C=O) groups excluding carboxylic acids is 2.